The molecule has 3 N–H and O–H groups in total. The molecule has 1 fully saturated rings. The van der Waals surface area contributed by atoms with E-state index >= 15 is 0 Å². The fraction of sp³-hybridized carbons (Fsp3) is 0.632. The van der Waals surface area contributed by atoms with Gasteiger partial charge in [0.2, 0.25) is 5.91 Å². The lowest BCUT2D eigenvalue weighted by molar-refractivity contribution is -0.122. The van der Waals surface area contributed by atoms with E-state index in [9.17, 15) is 4.79 Å². The van der Waals surface area contributed by atoms with Gasteiger partial charge in [-0.15, -0.1) is 12.4 Å². The van der Waals surface area contributed by atoms with Gasteiger partial charge in [-0.1, -0.05) is 44.0 Å². The van der Waals surface area contributed by atoms with Crippen LogP contribution in [-0.2, 0) is 17.9 Å². The van der Waals surface area contributed by atoms with Crippen molar-refractivity contribution in [3.8, 4) is 0 Å². The summed E-state index contributed by atoms with van der Waals surface area (Å²) in [5, 5.41) is 2.92. The maximum atomic E-state index is 11.8. The number of amides is 1. The van der Waals surface area contributed by atoms with Crippen LogP contribution in [0, 0.1) is 0 Å². The van der Waals surface area contributed by atoms with Gasteiger partial charge in [-0.3, -0.25) is 9.69 Å². The summed E-state index contributed by atoms with van der Waals surface area (Å²) in [6, 6.07) is 8.86. The smallest absolute Gasteiger partial charge is 0.237 e. The van der Waals surface area contributed by atoms with E-state index in [1.165, 1.54) is 31.4 Å². The number of hydrogen-bond acceptors (Lipinski definition) is 3. The van der Waals surface area contributed by atoms with Gasteiger partial charge in [-0.05, 0) is 43.9 Å². The Morgan fingerprint density at radius 3 is 2.58 bits per heavy atom. The highest BCUT2D eigenvalue weighted by molar-refractivity contribution is 5.85. The molecule has 0 aliphatic carbocycles. The van der Waals surface area contributed by atoms with Gasteiger partial charge in [0.15, 0.2) is 0 Å². The average Bonchev–Trinajstić information content (AvgIpc) is 2.56. The minimum atomic E-state index is -0.389. The zero-order valence-corrected chi connectivity index (χ0v) is 15.8. The molecule has 2 unspecified atom stereocenters. The molecule has 2 atom stereocenters. The van der Waals surface area contributed by atoms with Gasteiger partial charge in [-0.25, -0.2) is 0 Å². The van der Waals surface area contributed by atoms with Crippen LogP contribution in [-0.4, -0.2) is 29.4 Å². The third-order valence-corrected chi connectivity index (χ3v) is 4.75. The largest absolute Gasteiger partial charge is 0.351 e. The van der Waals surface area contributed by atoms with Gasteiger partial charge in [0, 0.05) is 19.1 Å². The van der Waals surface area contributed by atoms with Gasteiger partial charge >= 0.3 is 0 Å². The maximum Gasteiger partial charge on any atom is 0.237 e. The van der Waals surface area contributed by atoms with E-state index in [1.807, 2.05) is 6.92 Å². The molecular formula is C19H32ClN3O. The topological polar surface area (TPSA) is 58.4 Å². The van der Waals surface area contributed by atoms with Crippen molar-refractivity contribution in [2.75, 3.05) is 6.54 Å². The van der Waals surface area contributed by atoms with E-state index in [-0.39, 0.29) is 24.4 Å². The lowest BCUT2D eigenvalue weighted by Crippen LogP contribution is -2.40. The van der Waals surface area contributed by atoms with Crippen LogP contribution in [0.3, 0.4) is 0 Å². The van der Waals surface area contributed by atoms with Gasteiger partial charge in [0.05, 0.1) is 6.04 Å². The molecule has 1 aliphatic heterocycles. The van der Waals surface area contributed by atoms with Crippen LogP contribution in [0.15, 0.2) is 24.3 Å². The van der Waals surface area contributed by atoms with Crippen LogP contribution >= 0.6 is 12.4 Å². The lowest BCUT2D eigenvalue weighted by atomic mass is 10.0. The first-order valence-electron chi connectivity index (χ1n) is 8.95. The number of nitrogens with two attached hydrogens (primary N) is 1. The molecule has 0 bridgehead atoms. The Labute approximate surface area is 152 Å². The number of halogens is 1. The second kappa shape index (κ2) is 10.7. The molecular weight excluding hydrogens is 322 g/mol. The quantitative estimate of drug-likeness (QED) is 0.791. The molecule has 1 heterocycles. The molecule has 24 heavy (non-hydrogen) atoms. The number of carbonyl (C=O) groups excluding carboxylic acids is 1. The molecule has 1 saturated heterocycles. The Balaban J connectivity index is 0.00000288. The van der Waals surface area contributed by atoms with E-state index in [4.69, 9.17) is 5.73 Å². The van der Waals surface area contributed by atoms with Crippen molar-refractivity contribution in [2.45, 2.75) is 71.1 Å². The summed E-state index contributed by atoms with van der Waals surface area (Å²) in [5.74, 6) is -0.0573. The molecule has 0 spiro atoms. The highest BCUT2D eigenvalue weighted by atomic mass is 35.5. The molecule has 2 rings (SSSR count). The summed E-state index contributed by atoms with van der Waals surface area (Å²) >= 11 is 0. The van der Waals surface area contributed by atoms with Crippen molar-refractivity contribution in [3.63, 3.8) is 0 Å². The summed E-state index contributed by atoms with van der Waals surface area (Å²) in [6.45, 7) is 7.14. The minimum absolute atomic E-state index is 0. The van der Waals surface area contributed by atoms with E-state index in [2.05, 4.69) is 41.4 Å². The number of likely N-dealkylation sites (tertiary alicyclic amines) is 1. The highest BCUT2D eigenvalue weighted by Crippen LogP contribution is 2.19. The number of nitrogens with zero attached hydrogens (tertiary/aromatic N) is 1. The molecule has 0 saturated carbocycles. The number of nitrogens with one attached hydrogen (secondary N) is 1. The van der Waals surface area contributed by atoms with Crippen LogP contribution in [0.5, 0.6) is 0 Å². The number of benzene rings is 1. The molecule has 0 aromatic heterocycles. The van der Waals surface area contributed by atoms with Crippen LogP contribution in [0.4, 0.5) is 0 Å². The molecule has 4 nitrogen and oxygen atoms in total. The molecule has 5 heteroatoms. The zero-order valence-electron chi connectivity index (χ0n) is 15.0. The first kappa shape index (κ1) is 20.9. The molecule has 1 aromatic rings. The van der Waals surface area contributed by atoms with Crippen molar-refractivity contribution >= 4 is 18.3 Å². The SMILES string of the molecule is CCCC(N)C(=O)NCc1ccc(CN2CCCCC2C)cc1.Cl. The number of hydrogen-bond donors (Lipinski definition) is 2. The lowest BCUT2D eigenvalue weighted by Gasteiger charge is -2.33. The number of rotatable bonds is 7. The fourth-order valence-corrected chi connectivity index (χ4v) is 3.15. The highest BCUT2D eigenvalue weighted by Gasteiger charge is 2.18. The summed E-state index contributed by atoms with van der Waals surface area (Å²) in [4.78, 5) is 14.4. The minimum Gasteiger partial charge on any atom is -0.351 e. The molecule has 0 radical (unpaired) electrons. The standard InChI is InChI=1S/C19H31N3O.ClH/c1-3-6-18(20)19(23)21-13-16-8-10-17(11-9-16)14-22-12-5-4-7-15(22)2;/h8-11,15,18H,3-7,12-14,20H2,1-2H3,(H,21,23);1H. The predicted molar refractivity (Wildman–Crippen MR) is 102 cm³/mol. The molecule has 1 aliphatic rings. The second-order valence-electron chi connectivity index (χ2n) is 6.74. The first-order valence-corrected chi connectivity index (χ1v) is 8.95. The van der Waals surface area contributed by atoms with E-state index in [0.29, 0.717) is 12.6 Å². The van der Waals surface area contributed by atoms with Gasteiger partial charge < -0.3 is 11.1 Å². The Bertz CT molecular complexity index is 492. The molecule has 1 amide bonds. The van der Waals surface area contributed by atoms with Crippen LogP contribution in [0.25, 0.3) is 0 Å². The van der Waals surface area contributed by atoms with Crippen molar-refractivity contribution in [1.29, 1.82) is 0 Å². The van der Waals surface area contributed by atoms with Gasteiger partial charge in [-0.2, -0.15) is 0 Å². The van der Waals surface area contributed by atoms with Crippen LogP contribution < -0.4 is 11.1 Å². The average molecular weight is 354 g/mol. The number of carbonyl (C=O) groups is 1. The van der Waals surface area contributed by atoms with Gasteiger partial charge in [0.25, 0.3) is 0 Å². The second-order valence-corrected chi connectivity index (χ2v) is 6.74. The Morgan fingerprint density at radius 2 is 1.96 bits per heavy atom. The molecule has 1 aromatic carbocycles. The summed E-state index contributed by atoms with van der Waals surface area (Å²) in [6.07, 6.45) is 5.64. The van der Waals surface area contributed by atoms with Crippen LogP contribution in [0.1, 0.15) is 57.1 Å². The van der Waals surface area contributed by atoms with E-state index in [0.717, 1.165) is 24.9 Å². The van der Waals surface area contributed by atoms with Gasteiger partial charge in [0.1, 0.15) is 0 Å². The third kappa shape index (κ3) is 6.42. The van der Waals surface area contributed by atoms with Crippen molar-refractivity contribution < 1.29 is 4.79 Å². The van der Waals surface area contributed by atoms with Crippen molar-refractivity contribution in [1.82, 2.24) is 10.2 Å². The summed E-state index contributed by atoms with van der Waals surface area (Å²) in [7, 11) is 0. The number of piperidine rings is 1. The fourth-order valence-electron chi connectivity index (χ4n) is 3.15. The normalized spacial score (nSPS) is 19.4. The third-order valence-electron chi connectivity index (χ3n) is 4.75. The predicted octanol–water partition coefficient (Wildman–Crippen LogP) is 3.23. The van der Waals surface area contributed by atoms with E-state index in [1.54, 1.807) is 0 Å². The summed E-state index contributed by atoms with van der Waals surface area (Å²) in [5.41, 5.74) is 8.28. The van der Waals surface area contributed by atoms with Crippen LogP contribution in [0.2, 0.25) is 0 Å². The Kier molecular flexibility index (Phi) is 9.34. The van der Waals surface area contributed by atoms with Crippen molar-refractivity contribution in [2.24, 2.45) is 5.73 Å². The first-order chi connectivity index (χ1) is 11.1. The summed E-state index contributed by atoms with van der Waals surface area (Å²) < 4.78 is 0. The Hall–Kier alpha value is -1.10. The van der Waals surface area contributed by atoms with E-state index < -0.39 is 0 Å². The monoisotopic (exact) mass is 353 g/mol. The Morgan fingerprint density at radius 1 is 1.29 bits per heavy atom. The maximum absolute atomic E-state index is 11.8. The van der Waals surface area contributed by atoms with Crippen molar-refractivity contribution in [3.05, 3.63) is 35.4 Å². The zero-order chi connectivity index (χ0) is 16.7. The molecule has 136 valence electrons.